The quantitative estimate of drug-likeness (QED) is 0.724. The van der Waals surface area contributed by atoms with Crippen molar-refractivity contribution >= 4 is 0 Å². The van der Waals surface area contributed by atoms with Crippen LogP contribution in [-0.2, 0) is 13.6 Å². The largest absolute Gasteiger partial charge is 0.306 e. The first-order valence-electron chi connectivity index (χ1n) is 8.80. The summed E-state index contributed by atoms with van der Waals surface area (Å²) >= 11 is 0. The lowest BCUT2D eigenvalue weighted by molar-refractivity contribution is 0.574. The molecular formula is C21H26N4. The highest BCUT2D eigenvalue weighted by molar-refractivity contribution is 5.61. The fraction of sp³-hybridized carbons (Fsp3) is 0.333. The van der Waals surface area contributed by atoms with Crippen LogP contribution in [0.25, 0.3) is 11.3 Å². The highest BCUT2D eigenvalue weighted by atomic mass is 15.3. The van der Waals surface area contributed by atoms with Crippen LogP contribution in [0.4, 0.5) is 0 Å². The maximum absolute atomic E-state index is 4.60. The molecule has 0 unspecified atom stereocenters. The average Bonchev–Trinajstić information content (AvgIpc) is 3.01. The molecule has 0 radical (unpaired) electrons. The molecule has 0 fully saturated rings. The minimum absolute atomic E-state index is 0.281. The Hall–Kier alpha value is -2.46. The van der Waals surface area contributed by atoms with Crippen molar-refractivity contribution in [1.82, 2.24) is 20.1 Å². The maximum atomic E-state index is 4.60. The Balaban J connectivity index is 1.71. The summed E-state index contributed by atoms with van der Waals surface area (Å²) in [5.74, 6) is 0.565. The Bertz CT molecular complexity index is 804. The SMILES string of the molecule is CC(C)c1ccc([C@H](C)NCc2cn(C)nc2-c2cccnc2)cc1. The van der Waals surface area contributed by atoms with Gasteiger partial charge in [-0.05, 0) is 36.1 Å². The Labute approximate surface area is 149 Å². The summed E-state index contributed by atoms with van der Waals surface area (Å²) in [4.78, 5) is 4.21. The van der Waals surface area contributed by atoms with Gasteiger partial charge in [-0.2, -0.15) is 5.10 Å². The van der Waals surface area contributed by atoms with Gasteiger partial charge in [0.25, 0.3) is 0 Å². The first kappa shape index (κ1) is 17.4. The summed E-state index contributed by atoms with van der Waals surface area (Å²) in [5, 5.41) is 8.21. The van der Waals surface area contributed by atoms with Gasteiger partial charge in [0.05, 0.1) is 5.69 Å². The second kappa shape index (κ2) is 7.62. The van der Waals surface area contributed by atoms with Gasteiger partial charge in [0.1, 0.15) is 0 Å². The summed E-state index contributed by atoms with van der Waals surface area (Å²) in [6, 6.07) is 13.2. The van der Waals surface area contributed by atoms with Crippen molar-refractivity contribution in [2.24, 2.45) is 7.05 Å². The molecule has 0 bridgehead atoms. The standard InChI is InChI=1S/C21H26N4/c1-15(2)17-7-9-18(10-8-17)16(3)23-13-20-14-25(4)24-21(20)19-6-5-11-22-12-19/h5-12,14-16,23H,13H2,1-4H3/t16-/m0/s1. The molecule has 0 saturated carbocycles. The van der Waals surface area contributed by atoms with Gasteiger partial charge in [-0.1, -0.05) is 38.1 Å². The highest BCUT2D eigenvalue weighted by Gasteiger charge is 2.12. The predicted octanol–water partition coefficient (Wildman–Crippen LogP) is 4.46. The lowest BCUT2D eigenvalue weighted by Crippen LogP contribution is -2.18. The highest BCUT2D eigenvalue weighted by Crippen LogP contribution is 2.22. The summed E-state index contributed by atoms with van der Waals surface area (Å²) in [6.07, 6.45) is 5.72. The van der Waals surface area contributed by atoms with Crippen LogP contribution in [0.15, 0.2) is 55.0 Å². The van der Waals surface area contributed by atoms with E-state index in [1.807, 2.05) is 30.1 Å². The van der Waals surface area contributed by atoms with Gasteiger partial charge < -0.3 is 5.32 Å². The van der Waals surface area contributed by atoms with Crippen molar-refractivity contribution in [1.29, 1.82) is 0 Å². The smallest absolute Gasteiger partial charge is 0.0983 e. The molecule has 3 rings (SSSR count). The van der Waals surface area contributed by atoms with Crippen LogP contribution in [-0.4, -0.2) is 14.8 Å². The fourth-order valence-electron chi connectivity index (χ4n) is 2.96. The number of pyridine rings is 1. The third-order valence-corrected chi connectivity index (χ3v) is 4.54. The Morgan fingerprint density at radius 3 is 2.40 bits per heavy atom. The van der Waals surface area contributed by atoms with Crippen LogP contribution in [0, 0.1) is 0 Å². The lowest BCUT2D eigenvalue weighted by Gasteiger charge is -2.15. The van der Waals surface area contributed by atoms with Gasteiger partial charge in [-0.25, -0.2) is 0 Å². The number of benzene rings is 1. The summed E-state index contributed by atoms with van der Waals surface area (Å²) in [5.41, 5.74) is 5.90. The van der Waals surface area contributed by atoms with Crippen molar-refractivity contribution in [3.05, 3.63) is 71.7 Å². The number of nitrogens with zero attached hydrogens (tertiary/aromatic N) is 3. The normalized spacial score (nSPS) is 12.5. The summed E-state index contributed by atoms with van der Waals surface area (Å²) in [6.45, 7) is 7.41. The molecule has 0 amide bonds. The molecule has 1 atom stereocenters. The van der Waals surface area contributed by atoms with Crippen molar-refractivity contribution < 1.29 is 0 Å². The Kier molecular flexibility index (Phi) is 5.29. The third-order valence-electron chi connectivity index (χ3n) is 4.54. The topological polar surface area (TPSA) is 42.7 Å². The number of nitrogens with one attached hydrogen (secondary N) is 1. The van der Waals surface area contributed by atoms with Crippen LogP contribution in [0.1, 0.15) is 49.4 Å². The third kappa shape index (κ3) is 4.15. The van der Waals surface area contributed by atoms with E-state index in [1.54, 1.807) is 6.20 Å². The van der Waals surface area contributed by atoms with Crippen LogP contribution in [0.5, 0.6) is 0 Å². The molecule has 1 N–H and O–H groups in total. The Morgan fingerprint density at radius 1 is 1.04 bits per heavy atom. The summed E-state index contributed by atoms with van der Waals surface area (Å²) in [7, 11) is 1.96. The van der Waals surface area contributed by atoms with E-state index in [1.165, 1.54) is 16.7 Å². The van der Waals surface area contributed by atoms with E-state index in [0.717, 1.165) is 17.8 Å². The van der Waals surface area contributed by atoms with E-state index in [9.17, 15) is 0 Å². The zero-order valence-corrected chi connectivity index (χ0v) is 15.4. The maximum Gasteiger partial charge on any atom is 0.0983 e. The van der Waals surface area contributed by atoms with E-state index in [0.29, 0.717) is 5.92 Å². The predicted molar refractivity (Wildman–Crippen MR) is 102 cm³/mol. The first-order valence-corrected chi connectivity index (χ1v) is 8.80. The van der Waals surface area contributed by atoms with Crippen molar-refractivity contribution in [2.45, 2.75) is 39.3 Å². The van der Waals surface area contributed by atoms with Gasteiger partial charge in [0, 0.05) is 49.4 Å². The van der Waals surface area contributed by atoms with Gasteiger partial charge in [0.15, 0.2) is 0 Å². The lowest BCUT2D eigenvalue weighted by atomic mass is 9.99. The number of hydrogen-bond donors (Lipinski definition) is 1. The molecule has 0 aliphatic heterocycles. The molecule has 130 valence electrons. The molecule has 25 heavy (non-hydrogen) atoms. The van der Waals surface area contributed by atoms with E-state index in [2.05, 4.69) is 66.6 Å². The van der Waals surface area contributed by atoms with Crippen LogP contribution >= 0.6 is 0 Å². The minimum Gasteiger partial charge on any atom is -0.306 e. The van der Waals surface area contributed by atoms with Gasteiger partial charge in [-0.15, -0.1) is 0 Å². The zero-order valence-electron chi connectivity index (χ0n) is 15.4. The van der Waals surface area contributed by atoms with Gasteiger partial charge in [0.2, 0.25) is 0 Å². The second-order valence-corrected chi connectivity index (χ2v) is 6.84. The number of aromatic nitrogens is 3. The fourth-order valence-corrected chi connectivity index (χ4v) is 2.96. The number of rotatable bonds is 6. The molecule has 0 saturated heterocycles. The number of hydrogen-bond acceptors (Lipinski definition) is 3. The van der Waals surface area contributed by atoms with Crippen molar-refractivity contribution in [3.8, 4) is 11.3 Å². The monoisotopic (exact) mass is 334 g/mol. The summed E-state index contributed by atoms with van der Waals surface area (Å²) < 4.78 is 1.86. The molecule has 4 heteroatoms. The molecule has 3 aromatic rings. The Morgan fingerprint density at radius 2 is 1.76 bits per heavy atom. The molecule has 0 aliphatic rings. The number of aryl methyl sites for hydroxylation is 1. The zero-order chi connectivity index (χ0) is 17.8. The molecule has 1 aromatic carbocycles. The van der Waals surface area contributed by atoms with E-state index < -0.39 is 0 Å². The molecular weight excluding hydrogens is 308 g/mol. The second-order valence-electron chi connectivity index (χ2n) is 6.84. The molecule has 4 nitrogen and oxygen atoms in total. The first-order chi connectivity index (χ1) is 12.0. The van der Waals surface area contributed by atoms with Crippen LogP contribution in [0.3, 0.4) is 0 Å². The van der Waals surface area contributed by atoms with Crippen LogP contribution in [0.2, 0.25) is 0 Å². The van der Waals surface area contributed by atoms with E-state index in [4.69, 9.17) is 0 Å². The van der Waals surface area contributed by atoms with E-state index in [-0.39, 0.29) is 6.04 Å². The minimum atomic E-state index is 0.281. The average molecular weight is 334 g/mol. The van der Waals surface area contributed by atoms with Crippen LogP contribution < -0.4 is 5.32 Å². The van der Waals surface area contributed by atoms with Gasteiger partial charge >= 0.3 is 0 Å². The van der Waals surface area contributed by atoms with Crippen molar-refractivity contribution in [3.63, 3.8) is 0 Å². The van der Waals surface area contributed by atoms with Gasteiger partial charge in [-0.3, -0.25) is 9.67 Å². The van der Waals surface area contributed by atoms with Crippen molar-refractivity contribution in [2.75, 3.05) is 0 Å². The molecule has 0 aliphatic carbocycles. The molecule has 2 aromatic heterocycles. The van der Waals surface area contributed by atoms with E-state index >= 15 is 0 Å². The molecule has 0 spiro atoms. The molecule has 2 heterocycles.